The van der Waals surface area contributed by atoms with Gasteiger partial charge in [0.15, 0.2) is 0 Å². The van der Waals surface area contributed by atoms with Crippen LogP contribution in [0.4, 0.5) is 0 Å². The molecule has 5 nitrogen and oxygen atoms in total. The Kier molecular flexibility index (Phi) is 3.52. The summed E-state index contributed by atoms with van der Waals surface area (Å²) in [4.78, 5) is 0. The molecule has 2 heterocycles. The van der Waals surface area contributed by atoms with E-state index in [-0.39, 0.29) is 0 Å². The van der Waals surface area contributed by atoms with E-state index in [1.54, 1.807) is 17.1 Å². The Morgan fingerprint density at radius 1 is 1.47 bits per heavy atom. The minimum absolute atomic E-state index is 0.395. The maximum absolute atomic E-state index is 8.51. The lowest BCUT2D eigenvalue weighted by Gasteiger charge is -2.04. The third kappa shape index (κ3) is 2.71. The van der Waals surface area contributed by atoms with Crippen molar-refractivity contribution >= 4 is 12.2 Å². The minimum atomic E-state index is 0.395. The van der Waals surface area contributed by atoms with Crippen molar-refractivity contribution in [3.8, 4) is 17.3 Å². The lowest BCUT2D eigenvalue weighted by atomic mass is 10.2. The number of nitriles is 1. The number of aryl methyl sites for hydroxylation is 1. The van der Waals surface area contributed by atoms with E-state index in [9.17, 15) is 0 Å². The van der Waals surface area contributed by atoms with Gasteiger partial charge in [0.05, 0.1) is 30.9 Å². The molecule has 0 aliphatic rings. The van der Waals surface area contributed by atoms with Crippen LogP contribution in [-0.2, 0) is 6.54 Å². The van der Waals surface area contributed by atoms with Crippen LogP contribution >= 0.6 is 12.2 Å². The van der Waals surface area contributed by atoms with E-state index < -0.39 is 0 Å². The maximum Gasteiger partial charge on any atom is 0.123 e. The number of rotatable bonds is 3. The molecule has 6 heteroatoms. The highest BCUT2D eigenvalue weighted by molar-refractivity contribution is 7.71. The average molecular weight is 243 g/mol. The molecule has 0 spiro atoms. The van der Waals surface area contributed by atoms with Crippen LogP contribution in [-0.4, -0.2) is 20.0 Å². The first-order valence-electron chi connectivity index (χ1n) is 5.03. The van der Waals surface area contributed by atoms with Crippen molar-refractivity contribution in [3.05, 3.63) is 35.2 Å². The Hall–Kier alpha value is -2.13. The number of hydrogen-bond donors (Lipinski definition) is 0. The molecular formula is C11H9N5S. The number of nitrogens with zero attached hydrogens (tertiary/aromatic N) is 5. The number of aromatic nitrogens is 4. The summed E-state index contributed by atoms with van der Waals surface area (Å²) in [5.41, 5.74) is 1.56. The van der Waals surface area contributed by atoms with Crippen LogP contribution in [0, 0.1) is 16.0 Å². The van der Waals surface area contributed by atoms with Gasteiger partial charge in [0, 0.05) is 11.8 Å². The molecule has 0 bridgehead atoms. The first kappa shape index (κ1) is 11.4. The molecule has 0 fully saturated rings. The molecule has 0 N–H and O–H groups in total. The largest absolute Gasteiger partial charge is 0.254 e. The van der Waals surface area contributed by atoms with E-state index in [2.05, 4.69) is 21.4 Å². The molecule has 2 aromatic heterocycles. The smallest absolute Gasteiger partial charge is 0.123 e. The summed E-state index contributed by atoms with van der Waals surface area (Å²) in [6.07, 6.45) is 3.69. The van der Waals surface area contributed by atoms with Gasteiger partial charge >= 0.3 is 0 Å². The predicted molar refractivity (Wildman–Crippen MR) is 64.3 cm³/mol. The van der Waals surface area contributed by atoms with Crippen molar-refractivity contribution in [2.45, 2.75) is 13.0 Å². The van der Waals surface area contributed by atoms with Crippen molar-refractivity contribution in [1.82, 2.24) is 20.0 Å². The summed E-state index contributed by atoms with van der Waals surface area (Å²) >= 11 is 5.20. The lowest BCUT2D eigenvalue weighted by Crippen LogP contribution is -2.04. The Morgan fingerprint density at radius 3 is 3.00 bits per heavy atom. The second-order valence-corrected chi connectivity index (χ2v) is 3.74. The van der Waals surface area contributed by atoms with Gasteiger partial charge in [-0.3, -0.25) is 4.68 Å². The Morgan fingerprint density at radius 2 is 2.35 bits per heavy atom. The highest BCUT2D eigenvalue weighted by Gasteiger charge is 2.01. The first-order valence-corrected chi connectivity index (χ1v) is 5.44. The molecule has 0 aliphatic heterocycles. The molecule has 0 radical (unpaired) electrons. The monoisotopic (exact) mass is 243 g/mol. The van der Waals surface area contributed by atoms with Gasteiger partial charge in [-0.2, -0.15) is 20.6 Å². The summed E-state index contributed by atoms with van der Waals surface area (Å²) in [6.45, 7) is 0.510. The fourth-order valence-electron chi connectivity index (χ4n) is 1.35. The second kappa shape index (κ2) is 5.27. The zero-order valence-corrected chi connectivity index (χ0v) is 9.76. The molecular weight excluding hydrogens is 234 g/mol. The van der Waals surface area contributed by atoms with Gasteiger partial charge in [0.2, 0.25) is 0 Å². The van der Waals surface area contributed by atoms with Crippen molar-refractivity contribution in [1.29, 1.82) is 5.26 Å². The zero-order valence-electron chi connectivity index (χ0n) is 8.95. The molecule has 84 valence electrons. The van der Waals surface area contributed by atoms with E-state index in [1.807, 2.05) is 18.2 Å². The SMILES string of the molecule is N#CCCn1ncc(-c2cccnn2)cc1=S. The third-order valence-corrected chi connectivity index (χ3v) is 2.50. The van der Waals surface area contributed by atoms with Gasteiger partial charge in [-0.25, -0.2) is 0 Å². The van der Waals surface area contributed by atoms with Gasteiger partial charge in [-0.1, -0.05) is 12.2 Å². The average Bonchev–Trinajstić information content (AvgIpc) is 2.38. The fraction of sp³-hybridized carbons (Fsp3) is 0.182. The highest BCUT2D eigenvalue weighted by Crippen LogP contribution is 2.13. The molecule has 17 heavy (non-hydrogen) atoms. The predicted octanol–water partition coefficient (Wildman–Crippen LogP) is 1.98. The van der Waals surface area contributed by atoms with Crippen molar-refractivity contribution < 1.29 is 0 Å². The van der Waals surface area contributed by atoms with Crippen LogP contribution in [0.25, 0.3) is 11.3 Å². The Balaban J connectivity index is 2.32. The van der Waals surface area contributed by atoms with Crippen LogP contribution in [0.15, 0.2) is 30.6 Å². The Bertz CT molecular complexity index is 599. The highest BCUT2D eigenvalue weighted by atomic mass is 32.1. The molecule has 0 saturated heterocycles. The van der Waals surface area contributed by atoms with E-state index in [0.717, 1.165) is 11.3 Å². The maximum atomic E-state index is 8.51. The Labute approximate surface area is 103 Å². The molecule has 2 rings (SSSR count). The fourth-order valence-corrected chi connectivity index (χ4v) is 1.62. The molecule has 0 atom stereocenters. The van der Waals surface area contributed by atoms with Crippen LogP contribution < -0.4 is 0 Å². The standard InChI is InChI=1S/C11H9N5S/c12-4-2-6-16-11(17)7-9(8-14-16)10-3-1-5-13-15-10/h1,3,5,7-8H,2,6H2. The normalized spacial score (nSPS) is 9.82. The van der Waals surface area contributed by atoms with E-state index in [0.29, 0.717) is 17.6 Å². The van der Waals surface area contributed by atoms with Gasteiger partial charge in [-0.05, 0) is 18.2 Å². The van der Waals surface area contributed by atoms with Gasteiger partial charge in [-0.15, -0.1) is 0 Å². The molecule has 0 aromatic carbocycles. The zero-order chi connectivity index (χ0) is 12.1. The second-order valence-electron chi connectivity index (χ2n) is 3.32. The van der Waals surface area contributed by atoms with Crippen LogP contribution in [0.3, 0.4) is 0 Å². The van der Waals surface area contributed by atoms with Crippen molar-refractivity contribution in [2.24, 2.45) is 0 Å². The van der Waals surface area contributed by atoms with Crippen molar-refractivity contribution in [3.63, 3.8) is 0 Å². The molecule has 0 amide bonds. The summed E-state index contributed by atoms with van der Waals surface area (Å²) in [7, 11) is 0. The van der Waals surface area contributed by atoms with Gasteiger partial charge in [0.25, 0.3) is 0 Å². The minimum Gasteiger partial charge on any atom is -0.254 e. The van der Waals surface area contributed by atoms with Crippen LogP contribution in [0.2, 0.25) is 0 Å². The van der Waals surface area contributed by atoms with E-state index >= 15 is 0 Å². The lowest BCUT2D eigenvalue weighted by molar-refractivity contribution is 0.602. The molecule has 2 aromatic rings. The van der Waals surface area contributed by atoms with E-state index in [1.165, 1.54) is 0 Å². The quantitative estimate of drug-likeness (QED) is 0.771. The molecule has 0 saturated carbocycles. The summed E-state index contributed by atoms with van der Waals surface area (Å²) in [6, 6.07) is 7.52. The van der Waals surface area contributed by atoms with Gasteiger partial charge in [0.1, 0.15) is 4.64 Å². The molecule has 0 unspecified atom stereocenters. The third-order valence-electron chi connectivity index (χ3n) is 2.17. The summed E-state index contributed by atoms with van der Waals surface area (Å²) in [5.74, 6) is 0. The summed E-state index contributed by atoms with van der Waals surface area (Å²) < 4.78 is 2.21. The number of hydrogen-bond acceptors (Lipinski definition) is 5. The summed E-state index contributed by atoms with van der Waals surface area (Å²) in [5, 5.41) is 20.5. The van der Waals surface area contributed by atoms with Crippen LogP contribution in [0.5, 0.6) is 0 Å². The van der Waals surface area contributed by atoms with Gasteiger partial charge < -0.3 is 0 Å². The van der Waals surface area contributed by atoms with Crippen LogP contribution in [0.1, 0.15) is 6.42 Å². The van der Waals surface area contributed by atoms with E-state index in [4.69, 9.17) is 17.5 Å². The van der Waals surface area contributed by atoms with Crippen molar-refractivity contribution in [2.75, 3.05) is 0 Å². The topological polar surface area (TPSA) is 67.4 Å². The first-order chi connectivity index (χ1) is 8.31. The molecule has 0 aliphatic carbocycles.